The van der Waals surface area contributed by atoms with E-state index in [1.54, 1.807) is 35.7 Å². The van der Waals surface area contributed by atoms with Crippen molar-refractivity contribution >= 4 is 49.9 Å². The second-order valence-corrected chi connectivity index (χ2v) is 5.56. The summed E-state index contributed by atoms with van der Waals surface area (Å²) in [4.78, 5) is 38.3. The third-order valence-corrected chi connectivity index (χ3v) is 3.92. The molecule has 0 radical (unpaired) electrons. The zero-order chi connectivity index (χ0) is 14.5. The van der Waals surface area contributed by atoms with Gasteiger partial charge in [0, 0.05) is 17.1 Å². The topological polar surface area (TPSA) is 76.1 Å². The summed E-state index contributed by atoms with van der Waals surface area (Å²) in [7, 11) is 0. The molecular formula is C13H9BrN2O3S. The predicted octanol–water partition coefficient (Wildman–Crippen LogP) is 2.30. The highest BCUT2D eigenvalue weighted by atomic mass is 79.9. The summed E-state index contributed by atoms with van der Waals surface area (Å²) >= 11 is 4.16. The number of amides is 1. The number of carbonyl (C=O) groups is 3. The molecule has 1 aromatic carbocycles. The van der Waals surface area contributed by atoms with Gasteiger partial charge in [0.15, 0.2) is 10.9 Å². The maximum Gasteiger partial charge on any atom is 0.295 e. The molecule has 20 heavy (non-hydrogen) atoms. The number of alkyl halides is 1. The molecule has 1 aromatic heterocycles. The van der Waals surface area contributed by atoms with Gasteiger partial charge < -0.3 is 0 Å². The molecular weight excluding hydrogens is 344 g/mol. The standard InChI is InChI=1S/C13H9BrN2O3S/c14-9(10(17)8-4-2-1-3-5-8)11(18)12(19)16-13-15-6-7-20-13/h1-7,9H,(H,15,16,19). The number of nitrogens with one attached hydrogen (secondary N) is 1. The SMILES string of the molecule is O=C(Nc1nccs1)C(=O)C(Br)C(=O)c1ccccc1. The molecule has 0 saturated heterocycles. The van der Waals surface area contributed by atoms with Crippen LogP contribution in [-0.4, -0.2) is 27.3 Å². The van der Waals surface area contributed by atoms with Gasteiger partial charge in [-0.15, -0.1) is 11.3 Å². The monoisotopic (exact) mass is 352 g/mol. The Kier molecular flexibility index (Phi) is 4.75. The molecule has 0 aliphatic heterocycles. The lowest BCUT2D eigenvalue weighted by atomic mass is 10.1. The number of hydrogen-bond acceptors (Lipinski definition) is 5. The fourth-order valence-corrected chi connectivity index (χ4v) is 2.42. The van der Waals surface area contributed by atoms with E-state index in [2.05, 4.69) is 26.2 Å². The van der Waals surface area contributed by atoms with Crippen LogP contribution in [0.5, 0.6) is 0 Å². The average molecular weight is 353 g/mol. The molecule has 1 atom stereocenters. The molecule has 1 N–H and O–H groups in total. The van der Waals surface area contributed by atoms with E-state index < -0.39 is 22.3 Å². The fourth-order valence-electron chi connectivity index (χ4n) is 1.43. The summed E-state index contributed by atoms with van der Waals surface area (Å²) in [5, 5.41) is 4.33. The van der Waals surface area contributed by atoms with Gasteiger partial charge in [0.1, 0.15) is 4.83 Å². The lowest BCUT2D eigenvalue weighted by Crippen LogP contribution is -2.34. The largest absolute Gasteiger partial charge is 0.295 e. The van der Waals surface area contributed by atoms with Crippen molar-refractivity contribution in [2.24, 2.45) is 0 Å². The van der Waals surface area contributed by atoms with Crippen molar-refractivity contribution in [2.45, 2.75) is 4.83 Å². The summed E-state index contributed by atoms with van der Waals surface area (Å²) in [6.07, 6.45) is 1.51. The minimum Gasteiger partial charge on any atom is -0.295 e. The van der Waals surface area contributed by atoms with Crippen LogP contribution in [-0.2, 0) is 9.59 Å². The highest BCUT2D eigenvalue weighted by molar-refractivity contribution is 9.10. The molecule has 0 saturated carbocycles. The number of hydrogen-bond donors (Lipinski definition) is 1. The maximum atomic E-state index is 12.0. The van der Waals surface area contributed by atoms with Crippen LogP contribution in [0.3, 0.4) is 0 Å². The van der Waals surface area contributed by atoms with Crippen molar-refractivity contribution in [1.82, 2.24) is 4.98 Å². The molecule has 2 aromatic rings. The number of aromatic nitrogens is 1. The van der Waals surface area contributed by atoms with Crippen LogP contribution in [0.4, 0.5) is 5.13 Å². The van der Waals surface area contributed by atoms with Gasteiger partial charge in [0.25, 0.3) is 5.91 Å². The molecule has 0 aliphatic carbocycles. The first-order valence-corrected chi connectivity index (χ1v) is 7.37. The first-order chi connectivity index (χ1) is 9.59. The van der Waals surface area contributed by atoms with Crippen LogP contribution in [0.1, 0.15) is 10.4 Å². The minimum atomic E-state index is -1.20. The van der Waals surface area contributed by atoms with Gasteiger partial charge in [-0.3, -0.25) is 19.7 Å². The summed E-state index contributed by atoms with van der Waals surface area (Å²) in [6, 6.07) is 8.31. The third kappa shape index (κ3) is 3.37. The van der Waals surface area contributed by atoms with E-state index in [1.807, 2.05) is 0 Å². The Balaban J connectivity index is 2.05. The lowest BCUT2D eigenvalue weighted by molar-refractivity contribution is -0.133. The predicted molar refractivity (Wildman–Crippen MR) is 79.2 cm³/mol. The smallest absolute Gasteiger partial charge is 0.295 e. The molecule has 0 spiro atoms. The minimum absolute atomic E-state index is 0.315. The lowest BCUT2D eigenvalue weighted by Gasteiger charge is -2.07. The van der Waals surface area contributed by atoms with Crippen LogP contribution in [0.2, 0.25) is 0 Å². The molecule has 7 heteroatoms. The van der Waals surface area contributed by atoms with Gasteiger partial charge >= 0.3 is 0 Å². The Morgan fingerprint density at radius 3 is 2.50 bits per heavy atom. The Hall–Kier alpha value is -1.86. The Morgan fingerprint density at radius 1 is 1.20 bits per heavy atom. The van der Waals surface area contributed by atoms with Gasteiger partial charge in [-0.05, 0) is 0 Å². The van der Waals surface area contributed by atoms with E-state index >= 15 is 0 Å². The van der Waals surface area contributed by atoms with Gasteiger partial charge in [0.2, 0.25) is 5.78 Å². The Morgan fingerprint density at radius 2 is 1.90 bits per heavy atom. The molecule has 0 bridgehead atoms. The van der Waals surface area contributed by atoms with Crippen molar-refractivity contribution in [3.8, 4) is 0 Å². The zero-order valence-corrected chi connectivity index (χ0v) is 12.5. The Labute approximate surface area is 127 Å². The van der Waals surface area contributed by atoms with Crippen LogP contribution in [0.15, 0.2) is 41.9 Å². The number of anilines is 1. The van der Waals surface area contributed by atoms with Crippen molar-refractivity contribution < 1.29 is 14.4 Å². The van der Waals surface area contributed by atoms with Crippen molar-refractivity contribution in [1.29, 1.82) is 0 Å². The van der Waals surface area contributed by atoms with Gasteiger partial charge in [-0.25, -0.2) is 4.98 Å². The number of ketones is 2. The summed E-state index contributed by atoms with van der Waals surface area (Å²) in [5.41, 5.74) is 0.366. The van der Waals surface area contributed by atoms with E-state index in [4.69, 9.17) is 0 Å². The van der Waals surface area contributed by atoms with Gasteiger partial charge in [0.05, 0.1) is 0 Å². The molecule has 0 fully saturated rings. The second-order valence-electron chi connectivity index (χ2n) is 3.75. The number of rotatable bonds is 5. The first kappa shape index (κ1) is 14.5. The molecule has 2 rings (SSSR count). The highest BCUT2D eigenvalue weighted by Crippen LogP contribution is 2.14. The number of thiazole rings is 1. The number of carbonyl (C=O) groups excluding carboxylic acids is 3. The quantitative estimate of drug-likeness (QED) is 0.387. The van der Waals surface area contributed by atoms with E-state index in [0.29, 0.717) is 10.7 Å². The highest BCUT2D eigenvalue weighted by Gasteiger charge is 2.30. The van der Waals surface area contributed by atoms with Crippen LogP contribution >= 0.6 is 27.3 Å². The van der Waals surface area contributed by atoms with E-state index in [-0.39, 0.29) is 0 Å². The van der Waals surface area contributed by atoms with Crippen LogP contribution < -0.4 is 5.32 Å². The van der Waals surface area contributed by atoms with Crippen molar-refractivity contribution in [3.63, 3.8) is 0 Å². The van der Waals surface area contributed by atoms with Gasteiger partial charge in [-0.2, -0.15) is 0 Å². The summed E-state index contributed by atoms with van der Waals surface area (Å²) in [5.74, 6) is -2.18. The van der Waals surface area contributed by atoms with Crippen molar-refractivity contribution in [2.75, 3.05) is 5.32 Å². The summed E-state index contributed by atoms with van der Waals surface area (Å²) < 4.78 is 0. The second kappa shape index (κ2) is 6.53. The number of Topliss-reactive ketones (excluding diaryl/α,β-unsaturated/α-hetero) is 2. The zero-order valence-electron chi connectivity index (χ0n) is 10.1. The van der Waals surface area contributed by atoms with Crippen LogP contribution in [0.25, 0.3) is 0 Å². The number of halogens is 1. The average Bonchev–Trinajstić information content (AvgIpc) is 2.98. The molecule has 5 nitrogen and oxygen atoms in total. The van der Waals surface area contributed by atoms with Gasteiger partial charge in [-0.1, -0.05) is 46.3 Å². The van der Waals surface area contributed by atoms with Crippen LogP contribution in [0, 0.1) is 0 Å². The molecule has 102 valence electrons. The number of benzene rings is 1. The summed E-state index contributed by atoms with van der Waals surface area (Å²) in [6.45, 7) is 0. The molecule has 1 amide bonds. The van der Waals surface area contributed by atoms with E-state index in [1.165, 1.54) is 17.5 Å². The maximum absolute atomic E-state index is 12.0. The Bertz CT molecular complexity index is 628. The number of nitrogens with zero attached hydrogens (tertiary/aromatic N) is 1. The fraction of sp³-hybridized carbons (Fsp3) is 0.0769. The molecule has 1 heterocycles. The first-order valence-electron chi connectivity index (χ1n) is 5.57. The molecule has 1 unspecified atom stereocenters. The normalized spacial score (nSPS) is 11.7. The molecule has 0 aliphatic rings. The van der Waals surface area contributed by atoms with Crippen molar-refractivity contribution in [3.05, 3.63) is 47.5 Å². The van der Waals surface area contributed by atoms with E-state index in [9.17, 15) is 14.4 Å². The third-order valence-electron chi connectivity index (χ3n) is 2.40. The van der Waals surface area contributed by atoms with E-state index in [0.717, 1.165) is 0 Å².